The van der Waals surface area contributed by atoms with Crippen LogP contribution in [0.2, 0.25) is 0 Å². The molecule has 2 heterocycles. The van der Waals surface area contributed by atoms with Gasteiger partial charge in [-0.05, 0) is 42.6 Å². The lowest BCUT2D eigenvalue weighted by molar-refractivity contribution is 1.31. The first-order valence-corrected chi connectivity index (χ1v) is 4.97. The van der Waals surface area contributed by atoms with Gasteiger partial charge in [0.05, 0.1) is 10.6 Å². The van der Waals surface area contributed by atoms with Crippen molar-refractivity contribution in [2.24, 2.45) is 0 Å². The highest BCUT2D eigenvalue weighted by Gasteiger charge is 1.92. The lowest BCUT2D eigenvalue weighted by Crippen LogP contribution is -1.74. The first-order valence-electron chi connectivity index (χ1n) is 4.20. The van der Waals surface area contributed by atoms with Gasteiger partial charge in [-0.1, -0.05) is 5.92 Å². The zero-order valence-electron chi connectivity index (χ0n) is 7.69. The first kappa shape index (κ1) is 8.92. The number of pyridine rings is 1. The molecule has 0 saturated carbocycles. The van der Waals surface area contributed by atoms with Gasteiger partial charge in [0.1, 0.15) is 0 Å². The predicted molar refractivity (Wildman–Crippen MR) is 57.1 cm³/mol. The second kappa shape index (κ2) is 4.03. The molecule has 0 atom stereocenters. The Bertz CT molecular complexity index is 477. The van der Waals surface area contributed by atoms with Gasteiger partial charge >= 0.3 is 0 Å². The van der Waals surface area contributed by atoms with Crippen LogP contribution in [-0.4, -0.2) is 9.36 Å². The molecule has 0 aliphatic carbocycles. The molecule has 0 amide bonds. The summed E-state index contributed by atoms with van der Waals surface area (Å²) in [6.45, 7) is 1.96. The molecule has 0 aliphatic rings. The summed E-state index contributed by atoms with van der Waals surface area (Å²) >= 11 is 1.42. The Hall–Kier alpha value is -1.66. The van der Waals surface area contributed by atoms with E-state index in [9.17, 15) is 0 Å². The van der Waals surface area contributed by atoms with Crippen molar-refractivity contribution in [1.29, 1.82) is 0 Å². The van der Waals surface area contributed by atoms with Crippen LogP contribution in [0.25, 0.3) is 0 Å². The summed E-state index contributed by atoms with van der Waals surface area (Å²) < 4.78 is 4.15. The van der Waals surface area contributed by atoms with Crippen molar-refractivity contribution in [2.75, 3.05) is 0 Å². The molecule has 0 aliphatic heterocycles. The van der Waals surface area contributed by atoms with Crippen LogP contribution in [0.5, 0.6) is 0 Å². The number of aryl methyl sites for hydroxylation is 1. The van der Waals surface area contributed by atoms with E-state index in [-0.39, 0.29) is 0 Å². The van der Waals surface area contributed by atoms with E-state index in [1.165, 1.54) is 11.5 Å². The molecule has 0 aromatic carbocycles. The maximum Gasteiger partial charge on any atom is 0.0981 e. The molecule has 2 nitrogen and oxygen atoms in total. The summed E-state index contributed by atoms with van der Waals surface area (Å²) in [6, 6.07) is 5.80. The van der Waals surface area contributed by atoms with Gasteiger partial charge in [0.2, 0.25) is 0 Å². The van der Waals surface area contributed by atoms with Gasteiger partial charge in [-0.3, -0.25) is 4.98 Å². The first-order chi connectivity index (χ1) is 6.84. The summed E-state index contributed by atoms with van der Waals surface area (Å²) in [5.41, 5.74) is 1.95. The molecule has 3 heteroatoms. The zero-order valence-corrected chi connectivity index (χ0v) is 8.51. The van der Waals surface area contributed by atoms with Gasteiger partial charge in [-0.25, -0.2) is 0 Å². The SMILES string of the molecule is Cc1cc(C#Cc2cccnc2)sn1. The van der Waals surface area contributed by atoms with Gasteiger partial charge in [0.15, 0.2) is 0 Å². The van der Waals surface area contributed by atoms with Crippen LogP contribution in [0, 0.1) is 18.8 Å². The molecular weight excluding hydrogens is 192 g/mol. The third kappa shape index (κ3) is 2.18. The maximum absolute atomic E-state index is 4.15. The Kier molecular flexibility index (Phi) is 2.57. The topological polar surface area (TPSA) is 25.8 Å². The third-order valence-electron chi connectivity index (χ3n) is 1.62. The van der Waals surface area contributed by atoms with Crippen molar-refractivity contribution in [2.45, 2.75) is 6.92 Å². The number of nitrogens with zero attached hydrogens (tertiary/aromatic N) is 2. The Labute approximate surface area is 86.8 Å². The zero-order chi connectivity index (χ0) is 9.80. The van der Waals surface area contributed by atoms with Crippen LogP contribution in [0.15, 0.2) is 30.6 Å². The summed E-state index contributed by atoms with van der Waals surface area (Å²) in [7, 11) is 0. The Balaban J connectivity index is 2.23. The second-order valence-electron chi connectivity index (χ2n) is 2.82. The standard InChI is InChI=1S/C11H8N2S/c1-9-7-11(14-13-9)5-4-10-3-2-6-12-8-10/h2-3,6-8H,1H3. The normalized spacial score (nSPS) is 9.21. The predicted octanol–water partition coefficient (Wildman–Crippen LogP) is 2.25. The quantitative estimate of drug-likeness (QED) is 0.609. The van der Waals surface area contributed by atoms with E-state index in [2.05, 4.69) is 21.2 Å². The molecule has 0 unspecified atom stereocenters. The van der Waals surface area contributed by atoms with Gasteiger partial charge < -0.3 is 0 Å². The Morgan fingerprint density at radius 1 is 1.36 bits per heavy atom. The van der Waals surface area contributed by atoms with E-state index in [4.69, 9.17) is 0 Å². The van der Waals surface area contributed by atoms with Crippen molar-refractivity contribution in [1.82, 2.24) is 9.36 Å². The molecule has 0 N–H and O–H groups in total. The van der Waals surface area contributed by atoms with E-state index in [0.717, 1.165) is 16.1 Å². The third-order valence-corrected chi connectivity index (χ3v) is 2.42. The lowest BCUT2D eigenvalue weighted by atomic mass is 10.3. The Morgan fingerprint density at radius 2 is 2.29 bits per heavy atom. The Morgan fingerprint density at radius 3 is 2.93 bits per heavy atom. The number of hydrogen-bond donors (Lipinski definition) is 0. The van der Waals surface area contributed by atoms with Crippen LogP contribution in [-0.2, 0) is 0 Å². The minimum atomic E-state index is 0.929. The minimum Gasteiger partial charge on any atom is -0.263 e. The molecule has 0 spiro atoms. The smallest absolute Gasteiger partial charge is 0.0981 e. The minimum absolute atomic E-state index is 0.929. The van der Waals surface area contributed by atoms with Crippen LogP contribution >= 0.6 is 11.5 Å². The second-order valence-corrected chi connectivity index (χ2v) is 3.63. The largest absolute Gasteiger partial charge is 0.263 e. The number of hydrogen-bond acceptors (Lipinski definition) is 3. The number of aromatic nitrogens is 2. The fourth-order valence-electron chi connectivity index (χ4n) is 0.993. The fraction of sp³-hybridized carbons (Fsp3) is 0.0909. The van der Waals surface area contributed by atoms with E-state index >= 15 is 0 Å². The summed E-state index contributed by atoms with van der Waals surface area (Å²) in [5, 5.41) is 0. The molecule has 2 aromatic rings. The molecule has 0 bridgehead atoms. The summed E-state index contributed by atoms with van der Waals surface area (Å²) in [5.74, 6) is 6.08. The van der Waals surface area contributed by atoms with Gasteiger partial charge in [-0.15, -0.1) is 0 Å². The summed E-state index contributed by atoms with van der Waals surface area (Å²) in [4.78, 5) is 4.98. The van der Waals surface area contributed by atoms with Gasteiger partial charge in [0, 0.05) is 18.0 Å². The summed E-state index contributed by atoms with van der Waals surface area (Å²) in [6.07, 6.45) is 3.49. The van der Waals surface area contributed by atoms with Gasteiger partial charge in [0.25, 0.3) is 0 Å². The molecule has 2 rings (SSSR count). The highest BCUT2D eigenvalue weighted by Crippen LogP contribution is 2.07. The number of rotatable bonds is 0. The van der Waals surface area contributed by atoms with Crippen molar-refractivity contribution >= 4 is 11.5 Å². The van der Waals surface area contributed by atoms with Crippen molar-refractivity contribution in [3.05, 3.63) is 46.7 Å². The van der Waals surface area contributed by atoms with Crippen LogP contribution in [0.3, 0.4) is 0 Å². The van der Waals surface area contributed by atoms with Crippen LogP contribution in [0.1, 0.15) is 16.1 Å². The molecule has 2 aromatic heterocycles. The lowest BCUT2D eigenvalue weighted by Gasteiger charge is -1.84. The molecule has 14 heavy (non-hydrogen) atoms. The fourth-order valence-corrected chi connectivity index (χ4v) is 1.61. The van der Waals surface area contributed by atoms with Crippen molar-refractivity contribution < 1.29 is 0 Å². The average molecular weight is 200 g/mol. The van der Waals surface area contributed by atoms with Crippen LogP contribution in [0.4, 0.5) is 0 Å². The average Bonchev–Trinajstić information content (AvgIpc) is 2.63. The van der Waals surface area contributed by atoms with E-state index < -0.39 is 0 Å². The molecule has 0 radical (unpaired) electrons. The van der Waals surface area contributed by atoms with E-state index in [0.29, 0.717) is 0 Å². The van der Waals surface area contributed by atoms with Crippen LogP contribution < -0.4 is 0 Å². The highest BCUT2D eigenvalue weighted by molar-refractivity contribution is 7.06. The molecule has 0 saturated heterocycles. The van der Waals surface area contributed by atoms with E-state index in [1.807, 2.05) is 25.1 Å². The van der Waals surface area contributed by atoms with Gasteiger partial charge in [-0.2, -0.15) is 4.37 Å². The molecule has 68 valence electrons. The molecular formula is C11H8N2S. The van der Waals surface area contributed by atoms with Crippen molar-refractivity contribution in [3.63, 3.8) is 0 Å². The van der Waals surface area contributed by atoms with E-state index in [1.54, 1.807) is 12.4 Å². The maximum atomic E-state index is 4.15. The monoisotopic (exact) mass is 200 g/mol. The molecule has 0 fully saturated rings. The van der Waals surface area contributed by atoms with Crippen molar-refractivity contribution in [3.8, 4) is 11.8 Å². The highest BCUT2D eigenvalue weighted by atomic mass is 32.1.